The lowest BCUT2D eigenvalue weighted by Gasteiger charge is -2.08. The third-order valence-electron chi connectivity index (χ3n) is 4.95. The first-order chi connectivity index (χ1) is 14.3. The Bertz CT molecular complexity index is 1280. The van der Waals surface area contributed by atoms with Gasteiger partial charge in [0.2, 0.25) is 5.90 Å². The number of rotatable bonds is 3. The van der Waals surface area contributed by atoms with Crippen molar-refractivity contribution in [1.82, 2.24) is 0 Å². The van der Waals surface area contributed by atoms with Crippen LogP contribution in [-0.4, -0.2) is 11.9 Å². The molecule has 1 aliphatic rings. The molecule has 3 nitrogen and oxygen atoms in total. The maximum Gasteiger partial charge on any atom is 0.363 e. The van der Waals surface area contributed by atoms with Crippen LogP contribution in [0.4, 0.5) is 0 Å². The van der Waals surface area contributed by atoms with E-state index in [1.807, 2.05) is 66.7 Å². The normalized spacial score (nSPS) is 15.4. The van der Waals surface area contributed by atoms with E-state index in [2.05, 4.69) is 35.3 Å². The topological polar surface area (TPSA) is 38.7 Å². The number of carbonyl (C=O) groups is 1. The fourth-order valence-corrected chi connectivity index (χ4v) is 3.57. The van der Waals surface area contributed by atoms with Gasteiger partial charge in [-0.25, -0.2) is 9.79 Å². The number of aliphatic imine (C=N–C) groups is 1. The van der Waals surface area contributed by atoms with Crippen molar-refractivity contribution in [1.29, 1.82) is 0 Å². The van der Waals surface area contributed by atoms with Crippen LogP contribution in [0.1, 0.15) is 11.1 Å². The number of carbonyl (C=O) groups excluding carboxylic acids is 1. The highest BCUT2D eigenvalue weighted by atomic mass is 16.6. The van der Waals surface area contributed by atoms with Crippen LogP contribution in [0.5, 0.6) is 0 Å². The minimum Gasteiger partial charge on any atom is -0.403 e. The molecule has 5 rings (SSSR count). The van der Waals surface area contributed by atoms with E-state index in [4.69, 9.17) is 4.74 Å². The Kier molecular flexibility index (Phi) is 4.26. The van der Waals surface area contributed by atoms with E-state index in [9.17, 15) is 4.79 Å². The Morgan fingerprint density at radius 2 is 1.34 bits per heavy atom. The zero-order valence-electron chi connectivity index (χ0n) is 15.6. The second-order valence-corrected chi connectivity index (χ2v) is 6.85. The van der Waals surface area contributed by atoms with Crippen molar-refractivity contribution in [3.05, 3.63) is 108 Å². The minimum atomic E-state index is -0.435. The summed E-state index contributed by atoms with van der Waals surface area (Å²) in [6, 6.07) is 28.3. The summed E-state index contributed by atoms with van der Waals surface area (Å²) < 4.78 is 5.35. The zero-order valence-corrected chi connectivity index (χ0v) is 15.6. The average Bonchev–Trinajstić information content (AvgIpc) is 3.12. The van der Waals surface area contributed by atoms with Gasteiger partial charge in [-0.1, -0.05) is 78.9 Å². The molecular weight excluding hydrogens is 358 g/mol. The monoisotopic (exact) mass is 375 g/mol. The first-order valence-corrected chi connectivity index (χ1v) is 9.44. The second kappa shape index (κ2) is 7.21. The number of hydrogen-bond donors (Lipinski definition) is 0. The Morgan fingerprint density at radius 3 is 2.03 bits per heavy atom. The van der Waals surface area contributed by atoms with Crippen LogP contribution < -0.4 is 0 Å². The number of benzene rings is 4. The highest BCUT2D eigenvalue weighted by Crippen LogP contribution is 2.31. The molecule has 0 radical (unpaired) electrons. The summed E-state index contributed by atoms with van der Waals surface area (Å²) in [5.74, 6) is -0.135. The molecule has 0 atom stereocenters. The van der Waals surface area contributed by atoms with Gasteiger partial charge in [0.1, 0.15) is 0 Å². The number of esters is 1. The molecule has 4 aromatic carbocycles. The van der Waals surface area contributed by atoms with E-state index in [1.165, 1.54) is 0 Å². The summed E-state index contributed by atoms with van der Waals surface area (Å²) in [5.41, 5.74) is 2.30. The van der Waals surface area contributed by atoms with E-state index >= 15 is 0 Å². The van der Waals surface area contributed by atoms with Crippen LogP contribution in [0.25, 0.3) is 33.7 Å². The molecule has 0 saturated heterocycles. The molecule has 0 spiro atoms. The molecule has 0 bridgehead atoms. The molecule has 0 fully saturated rings. The van der Waals surface area contributed by atoms with Gasteiger partial charge in [0.25, 0.3) is 0 Å². The Balaban J connectivity index is 1.61. The van der Waals surface area contributed by atoms with Gasteiger partial charge in [-0.05, 0) is 50.9 Å². The highest BCUT2D eigenvalue weighted by Gasteiger charge is 2.22. The molecule has 4 aromatic rings. The quantitative estimate of drug-likeness (QED) is 0.250. The maximum absolute atomic E-state index is 12.4. The summed E-state index contributed by atoms with van der Waals surface area (Å²) in [5, 5.41) is 4.40. The van der Waals surface area contributed by atoms with Crippen LogP contribution in [-0.2, 0) is 9.53 Å². The molecule has 0 N–H and O–H groups in total. The van der Waals surface area contributed by atoms with Gasteiger partial charge in [0, 0.05) is 6.08 Å². The molecule has 1 heterocycles. The highest BCUT2D eigenvalue weighted by molar-refractivity contribution is 6.14. The smallest absolute Gasteiger partial charge is 0.363 e. The zero-order chi connectivity index (χ0) is 19.6. The Morgan fingerprint density at radius 1 is 0.724 bits per heavy atom. The molecule has 0 amide bonds. The first-order valence-electron chi connectivity index (χ1n) is 9.44. The van der Waals surface area contributed by atoms with Gasteiger partial charge >= 0.3 is 5.97 Å². The standard InChI is InChI=1S/C26H17NO2/c28-26-24(27-25(29-26)15-14-18-8-2-1-3-9-18)17-23-21-12-6-4-10-19(21)16-20-11-5-7-13-22(20)23/h1-17H/b15-14+,24-17+. The van der Waals surface area contributed by atoms with Gasteiger partial charge < -0.3 is 4.74 Å². The van der Waals surface area contributed by atoms with Crippen molar-refractivity contribution in [3.8, 4) is 0 Å². The molecule has 29 heavy (non-hydrogen) atoms. The average molecular weight is 375 g/mol. The van der Waals surface area contributed by atoms with Crippen LogP contribution in [0, 0.1) is 0 Å². The predicted molar refractivity (Wildman–Crippen MR) is 118 cm³/mol. The molecule has 0 aliphatic carbocycles. The van der Waals surface area contributed by atoms with Crippen LogP contribution >= 0.6 is 0 Å². The summed E-state index contributed by atoms with van der Waals surface area (Å²) in [6.07, 6.45) is 5.42. The van der Waals surface area contributed by atoms with Gasteiger partial charge in [-0.3, -0.25) is 0 Å². The number of hydrogen-bond acceptors (Lipinski definition) is 3. The molecular formula is C26H17NO2. The van der Waals surface area contributed by atoms with Crippen molar-refractivity contribution in [2.75, 3.05) is 0 Å². The van der Waals surface area contributed by atoms with Gasteiger partial charge in [-0.15, -0.1) is 0 Å². The lowest BCUT2D eigenvalue weighted by atomic mass is 9.96. The fourth-order valence-electron chi connectivity index (χ4n) is 3.57. The number of nitrogens with zero attached hydrogens (tertiary/aromatic N) is 1. The molecule has 0 saturated carbocycles. The van der Waals surface area contributed by atoms with Gasteiger partial charge in [0.15, 0.2) is 5.70 Å². The Labute approximate surface area is 168 Å². The molecule has 0 aromatic heterocycles. The third kappa shape index (κ3) is 3.34. The largest absolute Gasteiger partial charge is 0.403 e. The second-order valence-electron chi connectivity index (χ2n) is 6.85. The van der Waals surface area contributed by atoms with Crippen LogP contribution in [0.3, 0.4) is 0 Å². The summed E-state index contributed by atoms with van der Waals surface area (Å²) in [7, 11) is 0. The molecule has 138 valence electrons. The van der Waals surface area contributed by atoms with E-state index in [0.29, 0.717) is 11.6 Å². The summed E-state index contributed by atoms with van der Waals surface area (Å²) in [4.78, 5) is 16.8. The number of ether oxygens (including phenoxy) is 1. The predicted octanol–water partition coefficient (Wildman–Crippen LogP) is 6.00. The third-order valence-corrected chi connectivity index (χ3v) is 4.95. The lowest BCUT2D eigenvalue weighted by molar-refractivity contribution is -0.129. The minimum absolute atomic E-state index is 0.301. The number of cyclic esters (lactones) is 1. The van der Waals surface area contributed by atoms with Gasteiger partial charge in [0.05, 0.1) is 0 Å². The van der Waals surface area contributed by atoms with Crippen molar-refractivity contribution < 1.29 is 9.53 Å². The first kappa shape index (κ1) is 17.1. The fraction of sp³-hybridized carbons (Fsp3) is 0. The van der Waals surface area contributed by atoms with Crippen molar-refractivity contribution in [2.45, 2.75) is 0 Å². The van der Waals surface area contributed by atoms with Crippen molar-refractivity contribution >= 4 is 45.6 Å². The van der Waals surface area contributed by atoms with Crippen molar-refractivity contribution in [3.63, 3.8) is 0 Å². The van der Waals surface area contributed by atoms with E-state index in [1.54, 1.807) is 6.08 Å². The van der Waals surface area contributed by atoms with E-state index in [0.717, 1.165) is 32.7 Å². The molecule has 0 unspecified atom stereocenters. The van der Waals surface area contributed by atoms with E-state index < -0.39 is 5.97 Å². The maximum atomic E-state index is 12.4. The lowest BCUT2D eigenvalue weighted by Crippen LogP contribution is -2.01. The molecule has 1 aliphatic heterocycles. The van der Waals surface area contributed by atoms with Crippen molar-refractivity contribution in [2.24, 2.45) is 4.99 Å². The Hall–Kier alpha value is -3.98. The van der Waals surface area contributed by atoms with Gasteiger partial charge in [-0.2, -0.15) is 0 Å². The van der Waals surface area contributed by atoms with Crippen LogP contribution in [0.2, 0.25) is 0 Å². The SMILES string of the molecule is O=C1OC(/C=C/c2ccccc2)=NC/1=C/c1c2ccccc2cc2ccccc12. The summed E-state index contributed by atoms with van der Waals surface area (Å²) in [6.45, 7) is 0. The van der Waals surface area contributed by atoms with E-state index in [-0.39, 0.29) is 0 Å². The van der Waals surface area contributed by atoms with Crippen LogP contribution in [0.15, 0.2) is 102 Å². The molecule has 3 heteroatoms. The summed E-state index contributed by atoms with van der Waals surface area (Å²) >= 11 is 0. The number of fused-ring (bicyclic) bond motifs is 2.